The second-order valence-electron chi connectivity index (χ2n) is 5.75. The van der Waals surface area contributed by atoms with Crippen molar-refractivity contribution in [3.8, 4) is 0 Å². The monoisotopic (exact) mass is 276 g/mol. The van der Waals surface area contributed by atoms with Gasteiger partial charge >= 0.3 is 0 Å². The SMILES string of the molecule is Cc1cccc(C2=C(c3ccccc3)C=CC(N)(N)C2)c1. The Bertz CT molecular complexity index is 709. The van der Waals surface area contributed by atoms with Gasteiger partial charge in [0.1, 0.15) is 0 Å². The highest BCUT2D eigenvalue weighted by Gasteiger charge is 2.25. The van der Waals surface area contributed by atoms with Crippen LogP contribution in [0.15, 0.2) is 66.7 Å². The first-order valence-corrected chi connectivity index (χ1v) is 7.18. The third kappa shape index (κ3) is 2.97. The molecule has 0 radical (unpaired) electrons. The molecule has 2 aromatic carbocycles. The van der Waals surface area contributed by atoms with E-state index in [0.717, 1.165) is 0 Å². The summed E-state index contributed by atoms with van der Waals surface area (Å²) in [5, 5.41) is 0. The maximum Gasteiger partial charge on any atom is 0.0873 e. The molecule has 4 N–H and O–H groups in total. The molecule has 0 saturated carbocycles. The fourth-order valence-corrected chi connectivity index (χ4v) is 2.78. The van der Waals surface area contributed by atoms with Crippen LogP contribution in [0.4, 0.5) is 0 Å². The minimum atomic E-state index is -0.780. The van der Waals surface area contributed by atoms with E-state index < -0.39 is 5.66 Å². The van der Waals surface area contributed by atoms with Gasteiger partial charge in [0.2, 0.25) is 0 Å². The Morgan fingerprint density at radius 3 is 2.33 bits per heavy atom. The zero-order chi connectivity index (χ0) is 14.9. The molecule has 0 aliphatic heterocycles. The lowest BCUT2D eigenvalue weighted by atomic mass is 9.83. The molecule has 0 amide bonds. The molecule has 0 aromatic heterocycles. The molecule has 21 heavy (non-hydrogen) atoms. The van der Waals surface area contributed by atoms with Gasteiger partial charge in [-0.15, -0.1) is 0 Å². The van der Waals surface area contributed by atoms with Crippen LogP contribution in [0.3, 0.4) is 0 Å². The number of benzene rings is 2. The van der Waals surface area contributed by atoms with Crippen molar-refractivity contribution < 1.29 is 0 Å². The predicted octanol–water partition coefficient (Wildman–Crippen LogP) is 3.48. The Morgan fingerprint density at radius 1 is 0.905 bits per heavy atom. The Hall–Kier alpha value is -2.16. The average Bonchev–Trinajstić information content (AvgIpc) is 2.47. The van der Waals surface area contributed by atoms with Crippen LogP contribution in [0.1, 0.15) is 23.1 Å². The third-order valence-electron chi connectivity index (χ3n) is 3.82. The number of rotatable bonds is 2. The normalized spacial score (nSPS) is 17.1. The zero-order valence-corrected chi connectivity index (χ0v) is 12.2. The van der Waals surface area contributed by atoms with E-state index in [-0.39, 0.29) is 0 Å². The van der Waals surface area contributed by atoms with Crippen molar-refractivity contribution in [1.29, 1.82) is 0 Å². The predicted molar refractivity (Wildman–Crippen MR) is 89.3 cm³/mol. The highest BCUT2D eigenvalue weighted by Crippen LogP contribution is 2.36. The second-order valence-corrected chi connectivity index (χ2v) is 5.75. The van der Waals surface area contributed by atoms with Gasteiger partial charge < -0.3 is 11.5 Å². The van der Waals surface area contributed by atoms with E-state index in [9.17, 15) is 0 Å². The molecular formula is C19H20N2. The molecule has 0 bridgehead atoms. The Morgan fingerprint density at radius 2 is 1.62 bits per heavy atom. The average molecular weight is 276 g/mol. The zero-order valence-electron chi connectivity index (χ0n) is 12.2. The fraction of sp³-hybridized carbons (Fsp3) is 0.158. The van der Waals surface area contributed by atoms with Crippen LogP contribution in [0.2, 0.25) is 0 Å². The molecule has 2 heteroatoms. The van der Waals surface area contributed by atoms with Crippen LogP contribution < -0.4 is 11.5 Å². The Labute approximate surface area is 125 Å². The van der Waals surface area contributed by atoms with E-state index in [1.54, 1.807) is 0 Å². The first-order chi connectivity index (χ1) is 10.1. The van der Waals surface area contributed by atoms with Gasteiger partial charge in [-0.1, -0.05) is 66.2 Å². The number of hydrogen-bond acceptors (Lipinski definition) is 2. The molecule has 2 nitrogen and oxygen atoms in total. The Balaban J connectivity index is 2.17. The number of hydrogen-bond donors (Lipinski definition) is 2. The number of aryl methyl sites for hydroxylation is 1. The van der Waals surface area contributed by atoms with Crippen LogP contribution in [0, 0.1) is 6.92 Å². The van der Waals surface area contributed by atoms with Crippen LogP contribution in [-0.4, -0.2) is 5.66 Å². The van der Waals surface area contributed by atoms with Crippen molar-refractivity contribution in [3.63, 3.8) is 0 Å². The molecule has 0 unspecified atom stereocenters. The minimum Gasteiger partial charge on any atom is -0.310 e. The van der Waals surface area contributed by atoms with Gasteiger partial charge in [-0.25, -0.2) is 0 Å². The first kappa shape index (κ1) is 13.8. The maximum atomic E-state index is 6.14. The lowest BCUT2D eigenvalue weighted by Gasteiger charge is -2.28. The summed E-state index contributed by atoms with van der Waals surface area (Å²) in [5.74, 6) is 0. The summed E-state index contributed by atoms with van der Waals surface area (Å²) in [6.45, 7) is 2.10. The quantitative estimate of drug-likeness (QED) is 0.825. The van der Waals surface area contributed by atoms with E-state index in [1.807, 2.05) is 12.1 Å². The molecule has 0 saturated heterocycles. The topological polar surface area (TPSA) is 52.0 Å². The number of nitrogens with two attached hydrogens (primary N) is 2. The van der Waals surface area contributed by atoms with Crippen LogP contribution >= 0.6 is 0 Å². The summed E-state index contributed by atoms with van der Waals surface area (Å²) in [4.78, 5) is 0. The van der Waals surface area contributed by atoms with Gasteiger partial charge in [0, 0.05) is 6.42 Å². The van der Waals surface area contributed by atoms with Crippen molar-refractivity contribution in [2.45, 2.75) is 19.0 Å². The lowest BCUT2D eigenvalue weighted by molar-refractivity contribution is 0.566. The highest BCUT2D eigenvalue weighted by atomic mass is 14.9. The highest BCUT2D eigenvalue weighted by molar-refractivity contribution is 5.97. The largest absolute Gasteiger partial charge is 0.310 e. The molecule has 1 aliphatic carbocycles. The smallest absolute Gasteiger partial charge is 0.0873 e. The van der Waals surface area contributed by atoms with E-state index in [4.69, 9.17) is 11.5 Å². The molecule has 106 valence electrons. The standard InChI is InChI=1S/C19H20N2/c1-14-6-5-9-16(12-14)18-13-19(20,21)11-10-17(18)15-7-3-2-4-8-15/h2-12H,13,20-21H2,1H3. The maximum absolute atomic E-state index is 6.14. The van der Waals surface area contributed by atoms with Gasteiger partial charge in [0.05, 0.1) is 5.66 Å². The van der Waals surface area contributed by atoms with Gasteiger partial charge in [-0.2, -0.15) is 0 Å². The van der Waals surface area contributed by atoms with Crippen molar-refractivity contribution in [1.82, 2.24) is 0 Å². The summed E-state index contributed by atoms with van der Waals surface area (Å²) in [7, 11) is 0. The summed E-state index contributed by atoms with van der Waals surface area (Å²) < 4.78 is 0. The Kier molecular flexibility index (Phi) is 3.50. The van der Waals surface area contributed by atoms with E-state index >= 15 is 0 Å². The first-order valence-electron chi connectivity index (χ1n) is 7.18. The van der Waals surface area contributed by atoms with Crippen LogP contribution in [0.5, 0.6) is 0 Å². The van der Waals surface area contributed by atoms with Gasteiger partial charge in [0.25, 0.3) is 0 Å². The summed E-state index contributed by atoms with van der Waals surface area (Å²) in [6, 6.07) is 18.9. The number of allylic oxidation sites excluding steroid dienone is 2. The summed E-state index contributed by atoms with van der Waals surface area (Å²) in [6.07, 6.45) is 4.59. The second kappa shape index (κ2) is 5.32. The van der Waals surface area contributed by atoms with E-state index in [0.29, 0.717) is 6.42 Å². The van der Waals surface area contributed by atoms with Crippen molar-refractivity contribution in [2.75, 3.05) is 0 Å². The molecule has 0 heterocycles. The van der Waals surface area contributed by atoms with E-state index in [1.165, 1.54) is 27.8 Å². The van der Waals surface area contributed by atoms with Crippen LogP contribution in [0.25, 0.3) is 11.1 Å². The van der Waals surface area contributed by atoms with Crippen molar-refractivity contribution in [3.05, 3.63) is 83.4 Å². The molecule has 2 aromatic rings. The van der Waals surface area contributed by atoms with Gasteiger partial charge in [0.15, 0.2) is 0 Å². The minimum absolute atomic E-state index is 0.636. The fourth-order valence-electron chi connectivity index (χ4n) is 2.78. The van der Waals surface area contributed by atoms with Crippen molar-refractivity contribution in [2.24, 2.45) is 11.5 Å². The molecule has 0 atom stereocenters. The lowest BCUT2D eigenvalue weighted by Crippen LogP contribution is -2.48. The summed E-state index contributed by atoms with van der Waals surface area (Å²) in [5.41, 5.74) is 17.5. The van der Waals surface area contributed by atoms with Crippen LogP contribution in [-0.2, 0) is 0 Å². The molecular weight excluding hydrogens is 256 g/mol. The molecule has 1 aliphatic rings. The van der Waals surface area contributed by atoms with E-state index in [2.05, 4.69) is 61.5 Å². The van der Waals surface area contributed by atoms with Gasteiger partial charge in [-0.05, 0) is 35.3 Å². The summed E-state index contributed by atoms with van der Waals surface area (Å²) >= 11 is 0. The molecule has 0 spiro atoms. The molecule has 3 rings (SSSR count). The molecule has 0 fully saturated rings. The third-order valence-corrected chi connectivity index (χ3v) is 3.82. The van der Waals surface area contributed by atoms with Crippen molar-refractivity contribution >= 4 is 11.1 Å². The van der Waals surface area contributed by atoms with Gasteiger partial charge in [-0.3, -0.25) is 0 Å².